The maximum atomic E-state index is 12.2. The second-order valence-corrected chi connectivity index (χ2v) is 5.94. The Kier molecular flexibility index (Phi) is 3.98. The third kappa shape index (κ3) is 3.04. The predicted octanol–water partition coefficient (Wildman–Crippen LogP) is 1.72. The number of rotatable bonds is 2. The van der Waals surface area contributed by atoms with Gasteiger partial charge in [-0.1, -0.05) is 17.7 Å². The Bertz CT molecular complexity index is 785. The lowest BCUT2D eigenvalue weighted by Gasteiger charge is -2.24. The fourth-order valence-corrected chi connectivity index (χ4v) is 2.90. The highest BCUT2D eigenvalue weighted by Crippen LogP contribution is 2.18. The van der Waals surface area contributed by atoms with Crippen molar-refractivity contribution in [3.63, 3.8) is 0 Å². The Balaban J connectivity index is 1.74. The van der Waals surface area contributed by atoms with Gasteiger partial charge in [-0.2, -0.15) is 5.10 Å². The molecular weight excluding hydrogens is 302 g/mol. The minimum Gasteiger partial charge on any atom is -0.349 e. The molecule has 3 rings (SSSR count). The summed E-state index contributed by atoms with van der Waals surface area (Å²) < 4.78 is 1.35. The van der Waals surface area contributed by atoms with Gasteiger partial charge in [-0.25, -0.2) is 4.68 Å². The zero-order valence-corrected chi connectivity index (χ0v) is 12.9. The molecule has 1 N–H and O–H groups in total. The van der Waals surface area contributed by atoms with Crippen molar-refractivity contribution in [2.45, 2.75) is 25.3 Å². The van der Waals surface area contributed by atoms with Crippen molar-refractivity contribution < 1.29 is 4.79 Å². The standard InChI is InChI=1S/C16H16ClN3O2/c1-20-15(21)9-11-8-13(5-6-14(11)19-20)18-16(22)10-3-2-4-12(17)7-10/h2-4,7,9,13H,5-6,8H2,1H3,(H,18,22). The fraction of sp³-hybridized carbons (Fsp3) is 0.312. The van der Waals surface area contributed by atoms with Gasteiger partial charge in [0, 0.05) is 29.7 Å². The first-order chi connectivity index (χ1) is 10.5. The summed E-state index contributed by atoms with van der Waals surface area (Å²) in [5.74, 6) is -0.146. The molecule has 1 aliphatic rings. The quantitative estimate of drug-likeness (QED) is 0.917. The van der Waals surface area contributed by atoms with E-state index in [1.54, 1.807) is 37.4 Å². The molecule has 0 bridgehead atoms. The zero-order valence-electron chi connectivity index (χ0n) is 12.2. The normalized spacial score (nSPS) is 16.9. The molecule has 0 saturated heterocycles. The van der Waals surface area contributed by atoms with Crippen LogP contribution >= 0.6 is 11.6 Å². The summed E-state index contributed by atoms with van der Waals surface area (Å²) in [7, 11) is 1.65. The average Bonchev–Trinajstić information content (AvgIpc) is 2.49. The second kappa shape index (κ2) is 5.93. The van der Waals surface area contributed by atoms with Crippen LogP contribution < -0.4 is 10.9 Å². The lowest BCUT2D eigenvalue weighted by Crippen LogP contribution is -2.40. The third-order valence-corrected chi connectivity index (χ3v) is 4.11. The number of halogens is 1. The Labute approximate surface area is 132 Å². The molecule has 1 unspecified atom stereocenters. The van der Waals surface area contributed by atoms with E-state index in [0.29, 0.717) is 17.0 Å². The number of aryl methyl sites for hydroxylation is 2. The van der Waals surface area contributed by atoms with Gasteiger partial charge in [-0.05, 0) is 43.0 Å². The largest absolute Gasteiger partial charge is 0.349 e. The van der Waals surface area contributed by atoms with Crippen molar-refractivity contribution >= 4 is 17.5 Å². The Morgan fingerprint density at radius 2 is 2.23 bits per heavy atom. The summed E-state index contributed by atoms with van der Waals surface area (Å²) in [5.41, 5.74) is 2.28. The third-order valence-electron chi connectivity index (χ3n) is 3.88. The molecule has 1 amide bonds. The SMILES string of the molecule is Cn1nc2c(cc1=O)CC(NC(=O)c1cccc(Cl)c1)CC2. The highest BCUT2D eigenvalue weighted by atomic mass is 35.5. The summed E-state index contributed by atoms with van der Waals surface area (Å²) in [5, 5.41) is 7.81. The first-order valence-corrected chi connectivity index (χ1v) is 7.53. The number of hydrogen-bond acceptors (Lipinski definition) is 3. The van der Waals surface area contributed by atoms with E-state index in [0.717, 1.165) is 24.1 Å². The molecule has 0 radical (unpaired) electrons. The van der Waals surface area contributed by atoms with Gasteiger partial charge in [-0.3, -0.25) is 9.59 Å². The van der Waals surface area contributed by atoms with E-state index in [1.165, 1.54) is 4.68 Å². The average molecular weight is 318 g/mol. The molecular formula is C16H16ClN3O2. The highest BCUT2D eigenvalue weighted by Gasteiger charge is 2.22. The van der Waals surface area contributed by atoms with Crippen LogP contribution in [0.4, 0.5) is 0 Å². The van der Waals surface area contributed by atoms with E-state index in [9.17, 15) is 9.59 Å². The Morgan fingerprint density at radius 1 is 1.41 bits per heavy atom. The van der Waals surface area contributed by atoms with Crippen LogP contribution in [0.5, 0.6) is 0 Å². The molecule has 1 heterocycles. The van der Waals surface area contributed by atoms with Crippen molar-refractivity contribution in [3.8, 4) is 0 Å². The smallest absolute Gasteiger partial charge is 0.266 e. The van der Waals surface area contributed by atoms with E-state index in [1.807, 2.05) is 0 Å². The fourth-order valence-electron chi connectivity index (χ4n) is 2.71. The van der Waals surface area contributed by atoms with Crippen molar-refractivity contribution in [2.24, 2.45) is 7.05 Å². The monoisotopic (exact) mass is 317 g/mol. The van der Waals surface area contributed by atoms with Gasteiger partial charge in [0.15, 0.2) is 0 Å². The highest BCUT2D eigenvalue weighted by molar-refractivity contribution is 6.30. The van der Waals surface area contributed by atoms with Gasteiger partial charge >= 0.3 is 0 Å². The van der Waals surface area contributed by atoms with Crippen LogP contribution in [0, 0.1) is 0 Å². The van der Waals surface area contributed by atoms with E-state index in [-0.39, 0.29) is 17.5 Å². The lowest BCUT2D eigenvalue weighted by atomic mass is 9.92. The van der Waals surface area contributed by atoms with Gasteiger partial charge in [0.1, 0.15) is 0 Å². The van der Waals surface area contributed by atoms with Crippen LogP contribution in [0.3, 0.4) is 0 Å². The number of fused-ring (bicyclic) bond motifs is 1. The van der Waals surface area contributed by atoms with Crippen LogP contribution in [-0.2, 0) is 19.9 Å². The number of benzene rings is 1. The molecule has 0 saturated carbocycles. The van der Waals surface area contributed by atoms with Gasteiger partial charge in [0.05, 0.1) is 5.69 Å². The Hall–Kier alpha value is -2.14. The summed E-state index contributed by atoms with van der Waals surface area (Å²) in [6.45, 7) is 0. The molecule has 0 fully saturated rings. The van der Waals surface area contributed by atoms with Crippen molar-refractivity contribution in [1.29, 1.82) is 0 Å². The van der Waals surface area contributed by atoms with Crippen molar-refractivity contribution in [2.75, 3.05) is 0 Å². The number of nitrogens with one attached hydrogen (secondary N) is 1. The Morgan fingerprint density at radius 3 is 3.00 bits per heavy atom. The number of carbonyl (C=O) groups excluding carboxylic acids is 1. The molecule has 5 nitrogen and oxygen atoms in total. The minimum absolute atomic E-state index is 0.00730. The summed E-state index contributed by atoms with van der Waals surface area (Å²) in [6.07, 6.45) is 2.19. The lowest BCUT2D eigenvalue weighted by molar-refractivity contribution is 0.0933. The number of amides is 1. The molecule has 1 atom stereocenters. The molecule has 1 aliphatic carbocycles. The molecule has 22 heavy (non-hydrogen) atoms. The van der Waals surface area contributed by atoms with Crippen LogP contribution in [0.1, 0.15) is 28.0 Å². The first kappa shape index (κ1) is 14.8. The van der Waals surface area contributed by atoms with Crippen LogP contribution in [-0.4, -0.2) is 21.7 Å². The van der Waals surface area contributed by atoms with E-state index < -0.39 is 0 Å². The van der Waals surface area contributed by atoms with E-state index >= 15 is 0 Å². The summed E-state index contributed by atoms with van der Waals surface area (Å²) in [4.78, 5) is 23.9. The van der Waals surface area contributed by atoms with Crippen LogP contribution in [0.15, 0.2) is 35.1 Å². The molecule has 6 heteroatoms. The molecule has 1 aromatic carbocycles. The van der Waals surface area contributed by atoms with Crippen molar-refractivity contribution in [3.05, 3.63) is 62.5 Å². The number of carbonyl (C=O) groups is 1. The number of aromatic nitrogens is 2. The van der Waals surface area contributed by atoms with Crippen molar-refractivity contribution in [1.82, 2.24) is 15.1 Å². The molecule has 0 spiro atoms. The first-order valence-electron chi connectivity index (χ1n) is 7.15. The molecule has 2 aromatic rings. The van der Waals surface area contributed by atoms with Crippen LogP contribution in [0.25, 0.3) is 0 Å². The topological polar surface area (TPSA) is 64.0 Å². The van der Waals surface area contributed by atoms with Gasteiger partial charge in [0.25, 0.3) is 11.5 Å². The summed E-state index contributed by atoms with van der Waals surface area (Å²) in [6, 6.07) is 8.48. The molecule has 0 aliphatic heterocycles. The predicted molar refractivity (Wildman–Crippen MR) is 84.2 cm³/mol. The van der Waals surface area contributed by atoms with Gasteiger partial charge in [0.2, 0.25) is 0 Å². The van der Waals surface area contributed by atoms with Gasteiger partial charge in [-0.15, -0.1) is 0 Å². The minimum atomic E-state index is -0.146. The number of hydrogen-bond donors (Lipinski definition) is 1. The molecule has 114 valence electrons. The van der Waals surface area contributed by atoms with E-state index in [2.05, 4.69) is 10.4 Å². The molecule has 1 aromatic heterocycles. The second-order valence-electron chi connectivity index (χ2n) is 5.50. The maximum Gasteiger partial charge on any atom is 0.266 e. The number of nitrogens with zero attached hydrogens (tertiary/aromatic N) is 2. The maximum absolute atomic E-state index is 12.2. The van der Waals surface area contributed by atoms with E-state index in [4.69, 9.17) is 11.6 Å². The summed E-state index contributed by atoms with van der Waals surface area (Å²) >= 11 is 5.91. The van der Waals surface area contributed by atoms with Crippen LogP contribution in [0.2, 0.25) is 5.02 Å². The zero-order chi connectivity index (χ0) is 15.7. The van der Waals surface area contributed by atoms with Gasteiger partial charge < -0.3 is 5.32 Å².